The van der Waals surface area contributed by atoms with Crippen molar-refractivity contribution in [1.29, 1.82) is 0 Å². The smallest absolute Gasteiger partial charge is 0.309 e. The molecule has 1 unspecified atom stereocenters. The van der Waals surface area contributed by atoms with Crippen molar-refractivity contribution in [3.63, 3.8) is 0 Å². The lowest BCUT2D eigenvalue weighted by Gasteiger charge is -2.59. The van der Waals surface area contributed by atoms with E-state index >= 15 is 0 Å². The molecule has 1 N–H and O–H groups in total. The Kier molecular flexibility index (Phi) is 6.76. The quantitative estimate of drug-likeness (QED) is 0.345. The number of aliphatic hydroxyl groups is 1. The van der Waals surface area contributed by atoms with E-state index in [0.29, 0.717) is 30.1 Å². The van der Waals surface area contributed by atoms with E-state index in [1.54, 1.807) is 0 Å². The Morgan fingerprint density at radius 3 is 2.65 bits per heavy atom. The number of ketones is 1. The lowest BCUT2D eigenvalue weighted by Crippen LogP contribution is -2.56. The van der Waals surface area contributed by atoms with Crippen molar-refractivity contribution >= 4 is 11.8 Å². The first-order valence-corrected chi connectivity index (χ1v) is 14.4. The van der Waals surface area contributed by atoms with Gasteiger partial charge in [-0.3, -0.25) is 9.59 Å². The molecule has 5 rings (SSSR count). The summed E-state index contributed by atoms with van der Waals surface area (Å²) in [5.41, 5.74) is 1.03. The first kappa shape index (κ1) is 24.5. The molecule has 0 heterocycles. The molecule has 4 saturated carbocycles. The van der Waals surface area contributed by atoms with Crippen LogP contribution in [0.3, 0.4) is 0 Å². The summed E-state index contributed by atoms with van der Waals surface area (Å²) in [6.45, 7) is 6.84. The molecule has 0 spiro atoms. The third kappa shape index (κ3) is 4.00. The summed E-state index contributed by atoms with van der Waals surface area (Å²) >= 11 is 0. The van der Waals surface area contributed by atoms with Crippen LogP contribution in [0.4, 0.5) is 0 Å². The number of carbonyl (C=O) groups excluding carboxylic acids is 2. The zero-order chi connectivity index (χ0) is 24.1. The monoisotopic (exact) mass is 470 g/mol. The summed E-state index contributed by atoms with van der Waals surface area (Å²) in [5, 5.41) is 10.7. The molecule has 0 saturated heterocycles. The fourth-order valence-electron chi connectivity index (χ4n) is 8.98. The van der Waals surface area contributed by atoms with E-state index in [2.05, 4.69) is 20.8 Å². The third-order valence-corrected chi connectivity index (χ3v) is 11.3. The highest BCUT2D eigenvalue weighted by Gasteiger charge is 2.61. The van der Waals surface area contributed by atoms with E-state index in [4.69, 9.17) is 4.74 Å². The van der Waals surface area contributed by atoms with E-state index in [9.17, 15) is 14.7 Å². The van der Waals surface area contributed by atoms with Gasteiger partial charge in [0.15, 0.2) is 5.78 Å². The minimum absolute atomic E-state index is 0.0308. The van der Waals surface area contributed by atoms with Gasteiger partial charge in [-0.15, -0.1) is 0 Å². The number of hydrogen-bond acceptors (Lipinski definition) is 4. The Bertz CT molecular complexity index is 826. The third-order valence-electron chi connectivity index (χ3n) is 11.3. The van der Waals surface area contributed by atoms with Gasteiger partial charge in [0.1, 0.15) is 6.10 Å². The van der Waals surface area contributed by atoms with Crippen LogP contribution in [-0.2, 0) is 14.3 Å². The van der Waals surface area contributed by atoms with Gasteiger partial charge in [-0.25, -0.2) is 0 Å². The number of fused-ring (bicyclic) bond motifs is 5. The van der Waals surface area contributed by atoms with Crippen LogP contribution in [0, 0.1) is 40.4 Å². The molecular formula is C30H46O4. The Morgan fingerprint density at radius 1 is 1.09 bits per heavy atom. The average Bonchev–Trinajstić information content (AvgIpc) is 3.08. The van der Waals surface area contributed by atoms with Gasteiger partial charge < -0.3 is 9.84 Å². The average molecular weight is 471 g/mol. The Labute approximate surface area is 206 Å². The second kappa shape index (κ2) is 9.37. The normalized spacial score (nSPS) is 45.5. The summed E-state index contributed by atoms with van der Waals surface area (Å²) < 4.78 is 6.29. The molecule has 0 radical (unpaired) electrons. The maximum atomic E-state index is 13.2. The maximum absolute atomic E-state index is 13.2. The van der Waals surface area contributed by atoms with Crippen LogP contribution < -0.4 is 0 Å². The van der Waals surface area contributed by atoms with Gasteiger partial charge in [-0.2, -0.15) is 0 Å². The number of aliphatic hydroxyl groups excluding tert-OH is 1. The fraction of sp³-hybridized carbons (Fsp3) is 0.867. The van der Waals surface area contributed by atoms with Crippen LogP contribution in [0.5, 0.6) is 0 Å². The zero-order valence-electron chi connectivity index (χ0n) is 21.7. The van der Waals surface area contributed by atoms with E-state index in [1.165, 1.54) is 37.7 Å². The minimum Gasteiger partial charge on any atom is -0.461 e. The summed E-state index contributed by atoms with van der Waals surface area (Å²) in [5.74, 6) is 2.33. The SMILES string of the molecule is CCCCCCC1CC(C(=O)OC2CC(=O)C=C3CC[C@H]4[C@@H]5CC[C@H](O)[C@@]5(C)CC[C@@H]4[C@]32C)C1. The van der Waals surface area contributed by atoms with E-state index in [0.717, 1.165) is 51.4 Å². The fourth-order valence-corrected chi connectivity index (χ4v) is 8.98. The summed E-state index contributed by atoms with van der Waals surface area (Å²) in [6, 6.07) is 0. The first-order valence-electron chi connectivity index (χ1n) is 14.4. The van der Waals surface area contributed by atoms with Crippen molar-refractivity contribution in [2.24, 2.45) is 40.4 Å². The molecule has 0 aliphatic heterocycles. The van der Waals surface area contributed by atoms with Gasteiger partial charge in [0, 0.05) is 11.8 Å². The number of hydrogen-bond donors (Lipinski definition) is 1. The number of carbonyl (C=O) groups is 2. The molecule has 5 aliphatic carbocycles. The predicted octanol–water partition coefficient (Wildman–Crippen LogP) is 6.40. The zero-order valence-corrected chi connectivity index (χ0v) is 21.7. The molecule has 4 fully saturated rings. The highest BCUT2D eigenvalue weighted by Crippen LogP contribution is 2.65. The number of rotatable bonds is 7. The lowest BCUT2D eigenvalue weighted by atomic mass is 9.46. The van der Waals surface area contributed by atoms with Gasteiger partial charge in [0.25, 0.3) is 0 Å². The van der Waals surface area contributed by atoms with Crippen LogP contribution in [0.1, 0.15) is 111 Å². The van der Waals surface area contributed by atoms with Gasteiger partial charge in [-0.05, 0) is 86.5 Å². The molecule has 0 aromatic rings. The molecule has 7 atom stereocenters. The molecule has 0 bridgehead atoms. The number of unbranched alkanes of at least 4 members (excludes halogenated alkanes) is 3. The second-order valence-electron chi connectivity index (χ2n) is 13.0. The Morgan fingerprint density at radius 2 is 1.88 bits per heavy atom. The lowest BCUT2D eigenvalue weighted by molar-refractivity contribution is -0.175. The van der Waals surface area contributed by atoms with Crippen LogP contribution in [0.15, 0.2) is 11.6 Å². The van der Waals surface area contributed by atoms with Crippen LogP contribution in [0.25, 0.3) is 0 Å². The number of ether oxygens (including phenoxy) is 1. The Balaban J connectivity index is 1.27. The highest BCUT2D eigenvalue weighted by molar-refractivity contribution is 5.92. The standard InChI is InChI=1S/C30H46O4/c1-4-5-6-7-8-19-15-20(16-19)28(33)34-27-18-22(31)17-21-9-10-23-24-11-12-26(32)29(24,2)14-13-25(23)30(21,27)3/h17,19-20,23-27,32H,4-16,18H2,1-3H3/t19?,20?,23-,24-,25-,26-,27?,29-,30-/m0/s1. The molecule has 0 amide bonds. The van der Waals surface area contributed by atoms with Gasteiger partial charge in [-0.1, -0.05) is 58.4 Å². The summed E-state index contributed by atoms with van der Waals surface area (Å²) in [4.78, 5) is 25.9. The van der Waals surface area contributed by atoms with E-state index in [1.807, 2.05) is 6.08 Å². The predicted molar refractivity (Wildman–Crippen MR) is 133 cm³/mol. The van der Waals surface area contributed by atoms with Crippen molar-refractivity contribution in [1.82, 2.24) is 0 Å². The molecule has 4 nitrogen and oxygen atoms in total. The maximum Gasteiger partial charge on any atom is 0.309 e. The van der Waals surface area contributed by atoms with E-state index in [-0.39, 0.29) is 40.7 Å². The molecule has 4 heteroatoms. The largest absolute Gasteiger partial charge is 0.461 e. The van der Waals surface area contributed by atoms with Gasteiger partial charge in [0.05, 0.1) is 12.0 Å². The first-order chi connectivity index (χ1) is 16.3. The molecule has 190 valence electrons. The van der Waals surface area contributed by atoms with Crippen molar-refractivity contribution in [2.45, 2.75) is 123 Å². The van der Waals surface area contributed by atoms with Crippen LogP contribution in [-0.4, -0.2) is 29.1 Å². The van der Waals surface area contributed by atoms with Crippen molar-refractivity contribution in [2.75, 3.05) is 0 Å². The van der Waals surface area contributed by atoms with Crippen LogP contribution >= 0.6 is 0 Å². The highest BCUT2D eigenvalue weighted by atomic mass is 16.5. The van der Waals surface area contributed by atoms with Crippen molar-refractivity contribution < 1.29 is 19.4 Å². The molecule has 0 aromatic heterocycles. The summed E-state index contributed by atoms with van der Waals surface area (Å²) in [7, 11) is 0. The summed E-state index contributed by atoms with van der Waals surface area (Å²) in [6.07, 6.45) is 16.2. The molecule has 0 aromatic carbocycles. The Hall–Kier alpha value is -1.16. The van der Waals surface area contributed by atoms with Crippen molar-refractivity contribution in [3.8, 4) is 0 Å². The van der Waals surface area contributed by atoms with Gasteiger partial charge in [0.2, 0.25) is 0 Å². The van der Waals surface area contributed by atoms with E-state index < -0.39 is 0 Å². The van der Waals surface area contributed by atoms with Gasteiger partial charge >= 0.3 is 5.97 Å². The van der Waals surface area contributed by atoms with Crippen molar-refractivity contribution in [3.05, 3.63) is 11.6 Å². The molecule has 34 heavy (non-hydrogen) atoms. The minimum atomic E-state index is -0.320. The second-order valence-corrected chi connectivity index (χ2v) is 13.0. The number of esters is 1. The molecular weight excluding hydrogens is 424 g/mol. The topological polar surface area (TPSA) is 63.6 Å². The van der Waals surface area contributed by atoms with Crippen LogP contribution in [0.2, 0.25) is 0 Å². The molecule has 5 aliphatic rings.